The molecule has 11 nitrogen and oxygen atoms in total. The standard InChI is InChI=1S/C37H27ClN4O7S2/c38-19-6-12-26(49-16-27(43)39-20-7-5-17-3-1-2-4-18(17)13-20)23(14-19)28-29-24-15-25(32(29)50-34-33(28)51-37(46)40-34)31-30(24)35(44)41(36(31)45)21-8-10-22(11-9-21)42(47)48/h1-14,24-25,28-32H,15-16H2,(H,39,43)(H,40,46)/t24-,25-,28+,29-,30+,31+,32-/m1/s1. The zero-order valence-electron chi connectivity index (χ0n) is 26.5. The Bertz CT molecular complexity index is 2360. The van der Waals surface area contributed by atoms with Crippen LogP contribution in [0.15, 0.2) is 94.7 Å². The molecule has 4 aromatic carbocycles. The lowest BCUT2D eigenvalue weighted by atomic mass is 9.68. The van der Waals surface area contributed by atoms with E-state index in [-0.39, 0.29) is 63.8 Å². The first-order chi connectivity index (χ1) is 24.7. The average molecular weight is 739 g/mol. The van der Waals surface area contributed by atoms with E-state index in [1.54, 1.807) is 30.0 Å². The Morgan fingerprint density at radius 2 is 1.71 bits per heavy atom. The molecule has 3 amide bonds. The number of rotatable bonds is 7. The molecule has 2 aliphatic heterocycles. The number of benzene rings is 4. The number of carbonyl (C=O) groups is 3. The van der Waals surface area contributed by atoms with E-state index in [0.717, 1.165) is 32.0 Å². The molecule has 51 heavy (non-hydrogen) atoms. The topological polar surface area (TPSA) is 152 Å². The molecular weight excluding hydrogens is 712 g/mol. The number of aromatic nitrogens is 1. The summed E-state index contributed by atoms with van der Waals surface area (Å²) in [5, 5.41) is 17.3. The van der Waals surface area contributed by atoms with Crippen molar-refractivity contribution in [3.63, 3.8) is 0 Å². The molecule has 1 saturated heterocycles. The van der Waals surface area contributed by atoms with Crippen LogP contribution in [0.3, 0.4) is 0 Å². The number of thioether (sulfide) groups is 1. The molecule has 2 N–H and O–H groups in total. The average Bonchev–Trinajstić information content (AvgIpc) is 3.86. The fourth-order valence-electron chi connectivity index (χ4n) is 8.84. The number of halogens is 1. The minimum absolute atomic E-state index is 0.0874. The number of ether oxygens (including phenoxy) is 1. The summed E-state index contributed by atoms with van der Waals surface area (Å²) in [6.07, 6.45) is 0.670. The van der Waals surface area contributed by atoms with Gasteiger partial charge in [-0.15, -0.1) is 11.8 Å². The van der Waals surface area contributed by atoms with Crippen molar-refractivity contribution in [2.24, 2.45) is 29.6 Å². The summed E-state index contributed by atoms with van der Waals surface area (Å²) in [4.78, 5) is 69.5. The van der Waals surface area contributed by atoms with Crippen molar-refractivity contribution in [1.82, 2.24) is 4.98 Å². The van der Waals surface area contributed by atoms with E-state index < -0.39 is 16.8 Å². The van der Waals surface area contributed by atoms with Crippen LogP contribution in [0.2, 0.25) is 5.02 Å². The van der Waals surface area contributed by atoms with Gasteiger partial charge in [0.15, 0.2) is 6.61 Å². The van der Waals surface area contributed by atoms with Crippen molar-refractivity contribution in [1.29, 1.82) is 0 Å². The highest BCUT2D eigenvalue weighted by molar-refractivity contribution is 8.00. The normalized spacial score (nSPS) is 25.8. The van der Waals surface area contributed by atoms with Crippen molar-refractivity contribution in [2.75, 3.05) is 16.8 Å². The van der Waals surface area contributed by atoms with Gasteiger partial charge in [0, 0.05) is 44.5 Å². The van der Waals surface area contributed by atoms with Crippen LogP contribution in [0, 0.1) is 39.7 Å². The summed E-state index contributed by atoms with van der Waals surface area (Å²) < 4.78 is 6.21. The van der Waals surface area contributed by atoms with Gasteiger partial charge in [0.25, 0.3) is 11.6 Å². The largest absolute Gasteiger partial charge is 0.483 e. The third-order valence-corrected chi connectivity index (χ3v) is 13.6. The van der Waals surface area contributed by atoms with E-state index in [2.05, 4.69) is 10.3 Å². The monoisotopic (exact) mass is 738 g/mol. The van der Waals surface area contributed by atoms with Crippen molar-refractivity contribution < 1.29 is 24.0 Å². The van der Waals surface area contributed by atoms with Gasteiger partial charge < -0.3 is 15.0 Å². The zero-order valence-corrected chi connectivity index (χ0v) is 28.9. The Morgan fingerprint density at radius 1 is 0.961 bits per heavy atom. The predicted octanol–water partition coefficient (Wildman–Crippen LogP) is 6.85. The quantitative estimate of drug-likeness (QED) is 0.105. The number of aromatic amines is 1. The summed E-state index contributed by atoms with van der Waals surface area (Å²) in [5.41, 5.74) is 1.53. The summed E-state index contributed by atoms with van der Waals surface area (Å²) in [6.45, 7) is -0.277. The molecule has 5 aromatic rings. The summed E-state index contributed by atoms with van der Waals surface area (Å²) in [7, 11) is 0. The molecule has 3 heterocycles. The van der Waals surface area contributed by atoms with E-state index >= 15 is 0 Å². The molecule has 2 aliphatic carbocycles. The van der Waals surface area contributed by atoms with Gasteiger partial charge >= 0.3 is 4.87 Å². The van der Waals surface area contributed by atoms with Crippen LogP contribution in [-0.4, -0.2) is 39.5 Å². The first-order valence-corrected chi connectivity index (χ1v) is 18.5. The Morgan fingerprint density at radius 3 is 2.47 bits per heavy atom. The van der Waals surface area contributed by atoms with Crippen LogP contribution >= 0.6 is 34.7 Å². The number of hydrogen-bond acceptors (Lipinski definition) is 9. The highest BCUT2D eigenvalue weighted by atomic mass is 35.5. The fraction of sp³-hybridized carbons (Fsp3) is 0.243. The number of thiazole rings is 1. The Kier molecular flexibility index (Phi) is 7.56. The minimum atomic E-state index is -0.574. The Labute approximate surface area is 303 Å². The van der Waals surface area contributed by atoms with Gasteiger partial charge in [0.1, 0.15) is 5.75 Å². The number of nitrogens with zero attached hydrogens (tertiary/aromatic N) is 2. The number of carbonyl (C=O) groups excluding carboxylic acids is 3. The van der Waals surface area contributed by atoms with E-state index in [0.29, 0.717) is 34.1 Å². The number of nitrogens with one attached hydrogen (secondary N) is 2. The smallest absolute Gasteiger partial charge is 0.305 e. The number of fused-ring (bicyclic) bond motifs is 10. The third kappa shape index (κ3) is 5.16. The second-order valence-electron chi connectivity index (χ2n) is 13.3. The highest BCUT2D eigenvalue weighted by Gasteiger charge is 2.70. The summed E-state index contributed by atoms with van der Waals surface area (Å²) >= 11 is 9.27. The molecule has 3 fully saturated rings. The Balaban J connectivity index is 1.03. The zero-order chi connectivity index (χ0) is 35.1. The molecule has 0 spiro atoms. The van der Waals surface area contributed by atoms with Gasteiger partial charge in [-0.1, -0.05) is 53.3 Å². The first-order valence-electron chi connectivity index (χ1n) is 16.4. The van der Waals surface area contributed by atoms with E-state index in [9.17, 15) is 29.3 Å². The number of hydrogen-bond donors (Lipinski definition) is 2. The van der Waals surface area contributed by atoms with Crippen LogP contribution in [0.1, 0.15) is 22.8 Å². The lowest BCUT2D eigenvalue weighted by Gasteiger charge is -2.43. The summed E-state index contributed by atoms with van der Waals surface area (Å²) in [5.74, 6) is -2.47. The van der Waals surface area contributed by atoms with Gasteiger partial charge in [0.2, 0.25) is 11.8 Å². The SMILES string of the molecule is O=C(COc1ccc(Cl)cc1[C@@H]1c2sc(=O)[nH]c2S[C@@H]2[C@@H]3C[C@@H]([C@@H]4C(=O)N(c5ccc([N+](=O)[O-])cc5)C(=O)[C@@H]34)[C@H]12)Nc1ccc2ccccc2c1. The van der Waals surface area contributed by atoms with Gasteiger partial charge in [-0.25, -0.2) is 0 Å². The van der Waals surface area contributed by atoms with Gasteiger partial charge in [-0.3, -0.25) is 34.2 Å². The van der Waals surface area contributed by atoms with Gasteiger partial charge in [0.05, 0.1) is 27.5 Å². The summed E-state index contributed by atoms with van der Waals surface area (Å²) in [6, 6.07) is 24.2. The third-order valence-electron chi connectivity index (χ3n) is 10.7. The second kappa shape index (κ2) is 12.1. The molecule has 4 aliphatic rings. The number of nitro groups is 1. The second-order valence-corrected chi connectivity index (χ2v) is 16.0. The molecule has 9 rings (SSSR count). The lowest BCUT2D eigenvalue weighted by Crippen LogP contribution is -2.42. The highest BCUT2D eigenvalue weighted by Crippen LogP contribution is 2.69. The molecule has 1 aromatic heterocycles. The van der Waals surface area contributed by atoms with E-state index in [1.165, 1.54) is 29.2 Å². The maximum absolute atomic E-state index is 14.1. The predicted molar refractivity (Wildman–Crippen MR) is 194 cm³/mol. The minimum Gasteiger partial charge on any atom is -0.483 e. The number of nitro benzene ring substituents is 1. The number of imide groups is 1. The number of anilines is 2. The molecule has 0 unspecified atom stereocenters. The van der Waals surface area contributed by atoms with Crippen molar-refractivity contribution in [3.05, 3.63) is 120 Å². The molecular formula is C37H27ClN4O7S2. The molecule has 7 atom stereocenters. The first kappa shape index (κ1) is 32.0. The van der Waals surface area contributed by atoms with Gasteiger partial charge in [-0.05, 0) is 77.4 Å². The van der Waals surface area contributed by atoms with Gasteiger partial charge in [-0.2, -0.15) is 0 Å². The number of H-pyrrole nitrogens is 1. The van der Waals surface area contributed by atoms with E-state index in [1.807, 2.05) is 42.5 Å². The van der Waals surface area contributed by atoms with Crippen molar-refractivity contribution >= 4 is 80.3 Å². The van der Waals surface area contributed by atoms with Crippen LogP contribution < -0.4 is 19.8 Å². The molecule has 256 valence electrons. The van der Waals surface area contributed by atoms with Crippen LogP contribution in [0.5, 0.6) is 5.75 Å². The van der Waals surface area contributed by atoms with E-state index in [4.69, 9.17) is 16.3 Å². The van der Waals surface area contributed by atoms with Crippen LogP contribution in [0.25, 0.3) is 10.8 Å². The van der Waals surface area contributed by atoms with Crippen LogP contribution in [-0.2, 0) is 14.4 Å². The fourth-order valence-corrected chi connectivity index (χ4v) is 11.9. The lowest BCUT2D eigenvalue weighted by molar-refractivity contribution is -0.384. The molecule has 2 bridgehead atoms. The Hall–Kier alpha value is -4.98. The maximum atomic E-state index is 14.1. The molecule has 14 heteroatoms. The van der Waals surface area contributed by atoms with Crippen molar-refractivity contribution in [2.45, 2.75) is 22.6 Å². The number of amides is 3. The maximum Gasteiger partial charge on any atom is 0.305 e. The van der Waals surface area contributed by atoms with Crippen LogP contribution in [0.4, 0.5) is 17.1 Å². The van der Waals surface area contributed by atoms with Crippen molar-refractivity contribution in [3.8, 4) is 5.75 Å². The molecule has 0 radical (unpaired) electrons. The molecule has 2 saturated carbocycles. The number of non-ortho nitro benzene ring substituents is 1.